The second-order valence-corrected chi connectivity index (χ2v) is 5.98. The number of nitrogens with zero attached hydrogens (tertiary/aromatic N) is 1. The van der Waals surface area contributed by atoms with Gasteiger partial charge in [-0.2, -0.15) is 0 Å². The first-order chi connectivity index (χ1) is 13.8. The van der Waals surface area contributed by atoms with Gasteiger partial charge in [-0.05, 0) is 29.3 Å². The number of benzene rings is 2. The molecule has 0 saturated heterocycles. The van der Waals surface area contributed by atoms with Gasteiger partial charge in [0.1, 0.15) is 19.0 Å². The zero-order valence-electron chi connectivity index (χ0n) is 15.5. The number of para-hydroxylation sites is 1. The molecule has 0 spiro atoms. The van der Waals surface area contributed by atoms with E-state index in [-0.39, 0.29) is 5.91 Å². The topological polar surface area (TPSA) is 60.5 Å². The lowest BCUT2D eigenvalue weighted by atomic mass is 10.2. The minimum absolute atomic E-state index is 0.151. The number of nitrogens with one attached hydrogen (secondary N) is 1. The van der Waals surface area contributed by atoms with Crippen LogP contribution < -0.4 is 14.8 Å². The highest BCUT2D eigenvalue weighted by Crippen LogP contribution is 2.10. The fourth-order valence-corrected chi connectivity index (χ4v) is 2.41. The first-order valence-corrected chi connectivity index (χ1v) is 9.06. The predicted molar refractivity (Wildman–Crippen MR) is 109 cm³/mol. The summed E-state index contributed by atoms with van der Waals surface area (Å²) < 4.78 is 11.1. The molecule has 1 heterocycles. The number of rotatable bonds is 9. The van der Waals surface area contributed by atoms with Gasteiger partial charge in [-0.1, -0.05) is 54.6 Å². The van der Waals surface area contributed by atoms with Gasteiger partial charge in [0.2, 0.25) is 11.8 Å². The van der Waals surface area contributed by atoms with Crippen LogP contribution in [0, 0.1) is 0 Å². The molecule has 0 atom stereocenters. The van der Waals surface area contributed by atoms with Crippen molar-refractivity contribution in [1.29, 1.82) is 0 Å². The van der Waals surface area contributed by atoms with Crippen molar-refractivity contribution in [2.45, 2.75) is 6.54 Å². The van der Waals surface area contributed by atoms with Crippen molar-refractivity contribution in [3.63, 3.8) is 0 Å². The van der Waals surface area contributed by atoms with Crippen LogP contribution in [-0.4, -0.2) is 24.1 Å². The van der Waals surface area contributed by atoms with Crippen molar-refractivity contribution in [2.75, 3.05) is 13.2 Å². The summed E-state index contributed by atoms with van der Waals surface area (Å²) in [5, 5.41) is 2.83. The van der Waals surface area contributed by atoms with E-state index >= 15 is 0 Å². The van der Waals surface area contributed by atoms with Crippen LogP contribution in [-0.2, 0) is 11.3 Å². The normalized spacial score (nSPS) is 10.6. The number of pyridine rings is 1. The van der Waals surface area contributed by atoms with Gasteiger partial charge in [-0.15, -0.1) is 0 Å². The Kier molecular flexibility index (Phi) is 7.21. The van der Waals surface area contributed by atoms with Crippen LogP contribution in [0.5, 0.6) is 11.6 Å². The van der Waals surface area contributed by atoms with E-state index in [0.29, 0.717) is 25.6 Å². The molecule has 28 heavy (non-hydrogen) atoms. The highest BCUT2D eigenvalue weighted by Gasteiger charge is 2.00. The molecule has 0 radical (unpaired) electrons. The fourth-order valence-electron chi connectivity index (χ4n) is 2.41. The number of carbonyl (C=O) groups is 1. The van der Waals surface area contributed by atoms with Gasteiger partial charge in [0.25, 0.3) is 0 Å². The van der Waals surface area contributed by atoms with Gasteiger partial charge >= 0.3 is 0 Å². The van der Waals surface area contributed by atoms with Crippen LogP contribution in [0.3, 0.4) is 0 Å². The minimum atomic E-state index is -0.151. The second kappa shape index (κ2) is 10.5. The summed E-state index contributed by atoms with van der Waals surface area (Å²) in [4.78, 5) is 16.1. The Hall–Kier alpha value is -3.60. The molecular formula is C23H22N2O3. The van der Waals surface area contributed by atoms with E-state index in [2.05, 4.69) is 10.3 Å². The lowest BCUT2D eigenvalue weighted by molar-refractivity contribution is -0.116. The molecular weight excluding hydrogens is 352 g/mol. The molecule has 142 valence electrons. The quantitative estimate of drug-likeness (QED) is 0.456. The molecule has 0 unspecified atom stereocenters. The molecule has 1 N–H and O–H groups in total. The van der Waals surface area contributed by atoms with Crippen LogP contribution in [0.25, 0.3) is 6.08 Å². The van der Waals surface area contributed by atoms with Gasteiger partial charge < -0.3 is 14.8 Å². The predicted octanol–water partition coefficient (Wildman–Crippen LogP) is 3.87. The molecule has 0 bridgehead atoms. The van der Waals surface area contributed by atoms with Crippen LogP contribution in [0.15, 0.2) is 85.1 Å². The van der Waals surface area contributed by atoms with Crippen LogP contribution >= 0.6 is 0 Å². The second-order valence-electron chi connectivity index (χ2n) is 5.98. The standard InChI is InChI=1S/C23H22N2O3/c26-22(13-11-19-7-3-1-4-8-19)24-17-20-12-14-23(25-18-20)28-16-15-27-21-9-5-2-6-10-21/h1-14,18H,15-17H2,(H,24,26)/b13-11+. The lowest BCUT2D eigenvalue weighted by Crippen LogP contribution is -2.20. The van der Waals surface area contributed by atoms with Crippen molar-refractivity contribution in [3.8, 4) is 11.6 Å². The van der Waals surface area contributed by atoms with E-state index < -0.39 is 0 Å². The van der Waals surface area contributed by atoms with Crippen LogP contribution in [0.1, 0.15) is 11.1 Å². The maximum absolute atomic E-state index is 11.9. The number of hydrogen-bond donors (Lipinski definition) is 1. The van der Waals surface area contributed by atoms with Crippen molar-refractivity contribution in [3.05, 3.63) is 96.2 Å². The molecule has 5 nitrogen and oxygen atoms in total. The maximum Gasteiger partial charge on any atom is 0.244 e. The van der Waals surface area contributed by atoms with Crippen molar-refractivity contribution in [1.82, 2.24) is 10.3 Å². The molecule has 3 aromatic rings. The van der Waals surface area contributed by atoms with Crippen molar-refractivity contribution >= 4 is 12.0 Å². The molecule has 1 aromatic heterocycles. The van der Waals surface area contributed by atoms with E-state index in [4.69, 9.17) is 9.47 Å². The Morgan fingerprint density at radius 3 is 2.32 bits per heavy atom. The Bertz CT molecular complexity index is 879. The largest absolute Gasteiger partial charge is 0.490 e. The van der Waals surface area contributed by atoms with E-state index in [0.717, 1.165) is 16.9 Å². The van der Waals surface area contributed by atoms with E-state index in [1.54, 1.807) is 18.3 Å². The van der Waals surface area contributed by atoms with E-state index in [1.807, 2.05) is 66.7 Å². The molecule has 3 rings (SSSR count). The Balaban J connectivity index is 1.37. The number of hydrogen-bond acceptors (Lipinski definition) is 4. The third-order valence-electron chi connectivity index (χ3n) is 3.84. The number of aromatic nitrogens is 1. The van der Waals surface area contributed by atoms with Crippen molar-refractivity contribution in [2.24, 2.45) is 0 Å². The summed E-state index contributed by atoms with van der Waals surface area (Å²) in [5.41, 5.74) is 1.88. The van der Waals surface area contributed by atoms with Crippen LogP contribution in [0.2, 0.25) is 0 Å². The molecule has 0 aliphatic rings. The average Bonchev–Trinajstić information content (AvgIpc) is 2.76. The first-order valence-electron chi connectivity index (χ1n) is 9.06. The average molecular weight is 374 g/mol. The van der Waals surface area contributed by atoms with Gasteiger partial charge in [-0.3, -0.25) is 4.79 Å². The third kappa shape index (κ3) is 6.61. The van der Waals surface area contributed by atoms with Gasteiger partial charge in [0.15, 0.2) is 0 Å². The van der Waals surface area contributed by atoms with E-state index in [9.17, 15) is 4.79 Å². The zero-order chi connectivity index (χ0) is 19.4. The van der Waals surface area contributed by atoms with Gasteiger partial charge in [0, 0.05) is 24.9 Å². The summed E-state index contributed by atoms with van der Waals surface area (Å²) in [7, 11) is 0. The first kappa shape index (κ1) is 19.2. The Morgan fingerprint density at radius 1 is 0.893 bits per heavy atom. The SMILES string of the molecule is O=C(/C=C/c1ccccc1)NCc1ccc(OCCOc2ccccc2)nc1. The third-order valence-corrected chi connectivity index (χ3v) is 3.84. The summed E-state index contributed by atoms with van der Waals surface area (Å²) in [5.74, 6) is 1.18. The van der Waals surface area contributed by atoms with E-state index in [1.165, 1.54) is 6.08 Å². The highest BCUT2D eigenvalue weighted by atomic mass is 16.5. The Labute approximate surface area is 164 Å². The highest BCUT2D eigenvalue weighted by molar-refractivity contribution is 5.91. The molecule has 0 aliphatic carbocycles. The number of amides is 1. The minimum Gasteiger partial charge on any atom is -0.490 e. The summed E-state index contributed by atoms with van der Waals surface area (Å²) in [6.45, 7) is 1.25. The fraction of sp³-hybridized carbons (Fsp3) is 0.130. The summed E-state index contributed by atoms with van der Waals surface area (Å²) in [6, 6.07) is 22.9. The molecule has 0 fully saturated rings. The zero-order valence-corrected chi connectivity index (χ0v) is 15.5. The molecule has 5 heteroatoms. The van der Waals surface area contributed by atoms with Crippen molar-refractivity contribution < 1.29 is 14.3 Å². The lowest BCUT2D eigenvalue weighted by Gasteiger charge is -2.08. The summed E-state index contributed by atoms with van der Waals surface area (Å²) in [6.07, 6.45) is 4.99. The number of ether oxygens (including phenoxy) is 2. The van der Waals surface area contributed by atoms with Gasteiger partial charge in [0.05, 0.1) is 0 Å². The molecule has 2 aromatic carbocycles. The summed E-state index contributed by atoms with van der Waals surface area (Å²) >= 11 is 0. The molecule has 1 amide bonds. The molecule has 0 saturated carbocycles. The molecule has 0 aliphatic heterocycles. The maximum atomic E-state index is 11.9. The van der Waals surface area contributed by atoms with Crippen LogP contribution in [0.4, 0.5) is 0 Å². The monoisotopic (exact) mass is 374 g/mol. The smallest absolute Gasteiger partial charge is 0.244 e. The Morgan fingerprint density at radius 2 is 1.61 bits per heavy atom. The number of carbonyl (C=O) groups excluding carboxylic acids is 1. The van der Waals surface area contributed by atoms with Gasteiger partial charge in [-0.25, -0.2) is 4.98 Å².